The smallest absolute Gasteiger partial charge is 0.230 e. The van der Waals surface area contributed by atoms with Crippen LogP contribution in [0, 0.1) is 0 Å². The first-order valence-corrected chi connectivity index (χ1v) is 6.44. The number of thiophene rings is 1. The number of hydrogen-bond acceptors (Lipinski definition) is 5. The summed E-state index contributed by atoms with van der Waals surface area (Å²) >= 11 is 1.65. The molecule has 1 aliphatic heterocycles. The van der Waals surface area contributed by atoms with Crippen LogP contribution in [0.3, 0.4) is 0 Å². The molecule has 2 aromatic heterocycles. The maximum atomic E-state index is 5.34. The van der Waals surface area contributed by atoms with Crippen molar-refractivity contribution in [2.24, 2.45) is 0 Å². The fraction of sp³-hybridized carbons (Fsp3) is 0.455. The Balaban J connectivity index is 1.82. The SMILES string of the molecule is c1cc(-c2noc(C3CCNCC3)n2)cs1. The van der Waals surface area contributed by atoms with E-state index in [-0.39, 0.29) is 0 Å². The fourth-order valence-electron chi connectivity index (χ4n) is 1.98. The number of nitrogens with zero attached hydrogens (tertiary/aromatic N) is 2. The third kappa shape index (κ3) is 1.88. The molecule has 84 valence electrons. The number of nitrogens with one attached hydrogen (secondary N) is 1. The molecule has 4 nitrogen and oxygen atoms in total. The highest BCUT2D eigenvalue weighted by Crippen LogP contribution is 2.26. The van der Waals surface area contributed by atoms with Crippen LogP contribution >= 0.6 is 11.3 Å². The maximum absolute atomic E-state index is 5.34. The first-order chi connectivity index (χ1) is 7.93. The second-order valence-electron chi connectivity index (χ2n) is 3.99. The summed E-state index contributed by atoms with van der Waals surface area (Å²) in [6.45, 7) is 2.08. The van der Waals surface area contributed by atoms with Gasteiger partial charge in [-0.25, -0.2) is 0 Å². The summed E-state index contributed by atoms with van der Waals surface area (Å²) < 4.78 is 5.34. The van der Waals surface area contributed by atoms with Crippen LogP contribution in [-0.4, -0.2) is 23.2 Å². The van der Waals surface area contributed by atoms with Gasteiger partial charge < -0.3 is 9.84 Å². The van der Waals surface area contributed by atoms with Crippen LogP contribution in [0.25, 0.3) is 11.4 Å². The Hall–Kier alpha value is -1.20. The number of aromatic nitrogens is 2. The number of rotatable bonds is 2. The van der Waals surface area contributed by atoms with Crippen LogP contribution in [0.4, 0.5) is 0 Å². The Morgan fingerprint density at radius 3 is 3.00 bits per heavy atom. The minimum absolute atomic E-state index is 0.432. The molecular weight excluding hydrogens is 222 g/mol. The Kier molecular flexibility index (Phi) is 2.71. The Morgan fingerprint density at radius 2 is 2.25 bits per heavy atom. The van der Waals surface area contributed by atoms with Crippen molar-refractivity contribution < 1.29 is 4.52 Å². The quantitative estimate of drug-likeness (QED) is 0.867. The molecule has 1 N–H and O–H groups in total. The van der Waals surface area contributed by atoms with E-state index in [1.54, 1.807) is 11.3 Å². The van der Waals surface area contributed by atoms with E-state index in [2.05, 4.69) is 15.5 Å². The summed E-state index contributed by atoms with van der Waals surface area (Å²) in [6.07, 6.45) is 2.18. The van der Waals surface area contributed by atoms with Crippen molar-refractivity contribution in [1.29, 1.82) is 0 Å². The van der Waals surface area contributed by atoms with Gasteiger partial charge in [0.05, 0.1) is 0 Å². The zero-order chi connectivity index (χ0) is 10.8. The zero-order valence-electron chi connectivity index (χ0n) is 8.85. The van der Waals surface area contributed by atoms with Crippen LogP contribution in [0.15, 0.2) is 21.3 Å². The molecule has 0 saturated carbocycles. The predicted molar refractivity (Wildman–Crippen MR) is 62.5 cm³/mol. The van der Waals surface area contributed by atoms with Gasteiger partial charge in [-0.2, -0.15) is 16.3 Å². The van der Waals surface area contributed by atoms with E-state index >= 15 is 0 Å². The largest absolute Gasteiger partial charge is 0.339 e. The molecule has 1 saturated heterocycles. The van der Waals surface area contributed by atoms with Crippen molar-refractivity contribution >= 4 is 11.3 Å². The molecule has 1 aliphatic rings. The van der Waals surface area contributed by atoms with Gasteiger partial charge in [0, 0.05) is 16.9 Å². The lowest BCUT2D eigenvalue weighted by Crippen LogP contribution is -2.26. The standard InChI is InChI=1S/C11H13N3OS/c1-4-12-5-2-8(1)11-13-10(14-15-11)9-3-6-16-7-9/h3,6-8,12H,1-2,4-5H2. The van der Waals surface area contributed by atoms with Crippen molar-refractivity contribution in [2.75, 3.05) is 13.1 Å². The van der Waals surface area contributed by atoms with Crippen LogP contribution < -0.4 is 5.32 Å². The summed E-state index contributed by atoms with van der Waals surface area (Å²) in [5.41, 5.74) is 1.05. The molecule has 0 bridgehead atoms. The average Bonchev–Trinajstić information content (AvgIpc) is 3.01. The predicted octanol–water partition coefficient (Wildman–Crippen LogP) is 2.27. The highest BCUT2D eigenvalue weighted by atomic mass is 32.1. The van der Waals surface area contributed by atoms with Crippen LogP contribution in [0.5, 0.6) is 0 Å². The van der Waals surface area contributed by atoms with E-state index in [1.165, 1.54) is 0 Å². The topological polar surface area (TPSA) is 51.0 Å². The molecule has 0 aliphatic carbocycles. The monoisotopic (exact) mass is 235 g/mol. The zero-order valence-corrected chi connectivity index (χ0v) is 9.67. The molecule has 0 aromatic carbocycles. The highest BCUT2D eigenvalue weighted by molar-refractivity contribution is 7.08. The molecule has 5 heteroatoms. The third-order valence-electron chi connectivity index (χ3n) is 2.91. The lowest BCUT2D eigenvalue weighted by Gasteiger charge is -2.18. The molecule has 0 radical (unpaired) electrons. The Bertz CT molecular complexity index is 446. The highest BCUT2D eigenvalue weighted by Gasteiger charge is 2.21. The van der Waals surface area contributed by atoms with Crippen molar-refractivity contribution in [2.45, 2.75) is 18.8 Å². The van der Waals surface area contributed by atoms with Crippen molar-refractivity contribution in [3.05, 3.63) is 22.7 Å². The maximum Gasteiger partial charge on any atom is 0.230 e. The lowest BCUT2D eigenvalue weighted by molar-refractivity contribution is 0.320. The van der Waals surface area contributed by atoms with Gasteiger partial charge in [0.15, 0.2) is 0 Å². The second kappa shape index (κ2) is 4.35. The van der Waals surface area contributed by atoms with E-state index < -0.39 is 0 Å². The minimum Gasteiger partial charge on any atom is -0.339 e. The van der Waals surface area contributed by atoms with E-state index in [1.807, 2.05) is 16.8 Å². The van der Waals surface area contributed by atoms with Gasteiger partial charge in [-0.05, 0) is 37.4 Å². The summed E-state index contributed by atoms with van der Waals surface area (Å²) in [5.74, 6) is 1.94. The van der Waals surface area contributed by atoms with Gasteiger partial charge in [-0.15, -0.1) is 0 Å². The van der Waals surface area contributed by atoms with E-state index in [0.717, 1.165) is 43.2 Å². The van der Waals surface area contributed by atoms with Crippen LogP contribution in [-0.2, 0) is 0 Å². The first kappa shape index (κ1) is 9.99. The summed E-state index contributed by atoms with van der Waals surface area (Å²) in [7, 11) is 0. The van der Waals surface area contributed by atoms with E-state index in [4.69, 9.17) is 4.52 Å². The van der Waals surface area contributed by atoms with Crippen molar-refractivity contribution in [3.63, 3.8) is 0 Å². The Morgan fingerprint density at radius 1 is 1.38 bits per heavy atom. The first-order valence-electron chi connectivity index (χ1n) is 5.50. The molecule has 0 spiro atoms. The molecule has 3 rings (SSSR count). The normalized spacial score (nSPS) is 17.8. The molecule has 3 heterocycles. The van der Waals surface area contributed by atoms with Gasteiger partial charge in [-0.1, -0.05) is 5.16 Å². The van der Waals surface area contributed by atoms with Crippen LogP contribution in [0.1, 0.15) is 24.7 Å². The second-order valence-corrected chi connectivity index (χ2v) is 4.77. The third-order valence-corrected chi connectivity index (χ3v) is 3.59. The van der Waals surface area contributed by atoms with Crippen molar-refractivity contribution in [3.8, 4) is 11.4 Å². The number of piperidine rings is 1. The van der Waals surface area contributed by atoms with Crippen molar-refractivity contribution in [1.82, 2.24) is 15.5 Å². The molecule has 1 fully saturated rings. The minimum atomic E-state index is 0.432. The van der Waals surface area contributed by atoms with Gasteiger partial charge in [0.1, 0.15) is 0 Å². The fourth-order valence-corrected chi connectivity index (χ4v) is 2.61. The molecular formula is C11H13N3OS. The summed E-state index contributed by atoms with van der Waals surface area (Å²) in [6, 6.07) is 2.02. The van der Waals surface area contributed by atoms with E-state index in [0.29, 0.717) is 5.92 Å². The average molecular weight is 235 g/mol. The molecule has 2 aromatic rings. The Labute approximate surface area is 97.7 Å². The summed E-state index contributed by atoms with van der Waals surface area (Å²) in [5, 5.41) is 11.4. The molecule has 0 atom stereocenters. The van der Waals surface area contributed by atoms with Gasteiger partial charge >= 0.3 is 0 Å². The van der Waals surface area contributed by atoms with Gasteiger partial charge in [-0.3, -0.25) is 0 Å². The molecule has 0 amide bonds. The summed E-state index contributed by atoms with van der Waals surface area (Å²) in [4.78, 5) is 4.48. The van der Waals surface area contributed by atoms with Gasteiger partial charge in [0.25, 0.3) is 0 Å². The van der Waals surface area contributed by atoms with Crippen LogP contribution in [0.2, 0.25) is 0 Å². The lowest BCUT2D eigenvalue weighted by atomic mass is 9.98. The molecule has 16 heavy (non-hydrogen) atoms. The number of hydrogen-bond donors (Lipinski definition) is 1. The van der Waals surface area contributed by atoms with Gasteiger partial charge in [0.2, 0.25) is 11.7 Å². The molecule has 0 unspecified atom stereocenters. The van der Waals surface area contributed by atoms with E-state index in [9.17, 15) is 0 Å².